The van der Waals surface area contributed by atoms with Crippen molar-refractivity contribution in [2.75, 3.05) is 26.2 Å². The van der Waals surface area contributed by atoms with Crippen LogP contribution < -0.4 is 5.32 Å². The van der Waals surface area contributed by atoms with Crippen LogP contribution in [-0.2, 0) is 6.54 Å². The lowest BCUT2D eigenvalue weighted by molar-refractivity contribution is 0.233. The molecule has 0 amide bonds. The van der Waals surface area contributed by atoms with E-state index in [9.17, 15) is 0 Å². The molecule has 6 nitrogen and oxygen atoms in total. The molecule has 2 aromatic heterocycles. The third-order valence-corrected chi connectivity index (χ3v) is 3.08. The molecule has 1 fully saturated rings. The SMILES string of the molecule is c1ncn(-c2ccc(CN3CCNCC3)cn2)n1. The topological polar surface area (TPSA) is 58.9 Å². The van der Waals surface area contributed by atoms with Gasteiger partial charge in [-0.05, 0) is 11.6 Å². The molecule has 6 heteroatoms. The van der Waals surface area contributed by atoms with Crippen LogP contribution in [0.25, 0.3) is 5.82 Å². The lowest BCUT2D eigenvalue weighted by Gasteiger charge is -2.27. The normalized spacial score (nSPS) is 16.9. The lowest BCUT2D eigenvalue weighted by atomic mass is 10.2. The maximum absolute atomic E-state index is 4.40. The van der Waals surface area contributed by atoms with Gasteiger partial charge < -0.3 is 5.32 Å². The fraction of sp³-hybridized carbons (Fsp3) is 0.417. The van der Waals surface area contributed by atoms with E-state index in [0.717, 1.165) is 38.5 Å². The minimum absolute atomic E-state index is 0.802. The van der Waals surface area contributed by atoms with Crippen molar-refractivity contribution in [2.45, 2.75) is 6.54 Å². The van der Waals surface area contributed by atoms with Gasteiger partial charge in [0.2, 0.25) is 0 Å². The number of hydrogen-bond donors (Lipinski definition) is 1. The Kier molecular flexibility index (Phi) is 3.29. The van der Waals surface area contributed by atoms with Gasteiger partial charge in [-0.1, -0.05) is 6.07 Å². The molecule has 0 aliphatic carbocycles. The van der Waals surface area contributed by atoms with E-state index in [1.54, 1.807) is 11.0 Å². The van der Waals surface area contributed by atoms with Crippen molar-refractivity contribution < 1.29 is 0 Å². The zero-order valence-electron chi connectivity index (χ0n) is 10.2. The zero-order chi connectivity index (χ0) is 12.2. The summed E-state index contributed by atoms with van der Waals surface area (Å²) in [6, 6.07) is 4.08. The maximum atomic E-state index is 4.40. The third-order valence-electron chi connectivity index (χ3n) is 3.08. The van der Waals surface area contributed by atoms with E-state index in [1.807, 2.05) is 12.3 Å². The molecule has 1 saturated heterocycles. The lowest BCUT2D eigenvalue weighted by Crippen LogP contribution is -2.42. The molecule has 0 saturated carbocycles. The highest BCUT2D eigenvalue weighted by Crippen LogP contribution is 2.07. The second-order valence-corrected chi connectivity index (χ2v) is 4.39. The number of pyridine rings is 1. The fourth-order valence-corrected chi connectivity index (χ4v) is 2.10. The summed E-state index contributed by atoms with van der Waals surface area (Å²) in [6.07, 6.45) is 5.08. The first-order valence-corrected chi connectivity index (χ1v) is 6.15. The van der Waals surface area contributed by atoms with Crippen LogP contribution in [0.2, 0.25) is 0 Å². The number of hydrogen-bond acceptors (Lipinski definition) is 5. The molecule has 0 unspecified atom stereocenters. The van der Waals surface area contributed by atoms with Gasteiger partial charge in [-0.15, -0.1) is 0 Å². The van der Waals surface area contributed by atoms with Gasteiger partial charge in [0.25, 0.3) is 0 Å². The Bertz CT molecular complexity index is 472. The minimum atomic E-state index is 0.802. The summed E-state index contributed by atoms with van der Waals surface area (Å²) in [4.78, 5) is 10.7. The van der Waals surface area contributed by atoms with Crippen molar-refractivity contribution >= 4 is 0 Å². The van der Waals surface area contributed by atoms with E-state index in [2.05, 4.69) is 31.3 Å². The second kappa shape index (κ2) is 5.24. The molecule has 1 N–H and O–H groups in total. The molecule has 0 bridgehead atoms. The molecule has 3 rings (SSSR count). The van der Waals surface area contributed by atoms with Crippen molar-refractivity contribution in [3.05, 3.63) is 36.5 Å². The van der Waals surface area contributed by atoms with E-state index in [4.69, 9.17) is 0 Å². The van der Waals surface area contributed by atoms with Crippen molar-refractivity contribution in [3.63, 3.8) is 0 Å². The van der Waals surface area contributed by atoms with Gasteiger partial charge in [0.1, 0.15) is 12.7 Å². The van der Waals surface area contributed by atoms with Gasteiger partial charge >= 0.3 is 0 Å². The van der Waals surface area contributed by atoms with Crippen molar-refractivity contribution in [3.8, 4) is 5.82 Å². The fourth-order valence-electron chi connectivity index (χ4n) is 2.10. The number of nitrogens with one attached hydrogen (secondary N) is 1. The summed E-state index contributed by atoms with van der Waals surface area (Å²) in [6.45, 7) is 5.32. The Morgan fingerprint density at radius 1 is 1.22 bits per heavy atom. The van der Waals surface area contributed by atoms with Crippen molar-refractivity contribution in [1.29, 1.82) is 0 Å². The summed E-state index contributed by atoms with van der Waals surface area (Å²) >= 11 is 0. The molecule has 0 spiro atoms. The summed E-state index contributed by atoms with van der Waals surface area (Å²) in [5.41, 5.74) is 1.24. The first kappa shape index (κ1) is 11.3. The Hall–Kier alpha value is -1.79. The van der Waals surface area contributed by atoms with E-state index >= 15 is 0 Å². The van der Waals surface area contributed by atoms with Gasteiger partial charge in [-0.2, -0.15) is 5.10 Å². The van der Waals surface area contributed by atoms with Crippen LogP contribution in [0.1, 0.15) is 5.56 Å². The monoisotopic (exact) mass is 244 g/mol. The van der Waals surface area contributed by atoms with E-state index in [-0.39, 0.29) is 0 Å². The smallest absolute Gasteiger partial charge is 0.155 e. The Labute approximate surface area is 106 Å². The van der Waals surface area contributed by atoms with Crippen molar-refractivity contribution in [2.24, 2.45) is 0 Å². The second-order valence-electron chi connectivity index (χ2n) is 4.39. The van der Waals surface area contributed by atoms with Gasteiger partial charge in [-0.25, -0.2) is 14.6 Å². The predicted molar refractivity (Wildman–Crippen MR) is 67.3 cm³/mol. The molecule has 3 heterocycles. The molecule has 0 aromatic carbocycles. The Morgan fingerprint density at radius 2 is 2.11 bits per heavy atom. The van der Waals surface area contributed by atoms with Crippen LogP contribution in [0.3, 0.4) is 0 Å². The maximum Gasteiger partial charge on any atom is 0.155 e. The Morgan fingerprint density at radius 3 is 2.78 bits per heavy atom. The molecule has 1 aliphatic heterocycles. The quantitative estimate of drug-likeness (QED) is 0.828. The number of nitrogens with zero attached hydrogens (tertiary/aromatic N) is 5. The minimum Gasteiger partial charge on any atom is -0.314 e. The highest BCUT2D eigenvalue weighted by molar-refractivity contribution is 5.23. The molecule has 94 valence electrons. The highest BCUT2D eigenvalue weighted by atomic mass is 15.3. The van der Waals surface area contributed by atoms with Gasteiger partial charge in [-0.3, -0.25) is 4.90 Å². The van der Waals surface area contributed by atoms with Crippen LogP contribution in [-0.4, -0.2) is 50.8 Å². The summed E-state index contributed by atoms with van der Waals surface area (Å²) < 4.78 is 1.66. The van der Waals surface area contributed by atoms with E-state index in [0.29, 0.717) is 0 Å². The highest BCUT2D eigenvalue weighted by Gasteiger charge is 2.10. The summed E-state index contributed by atoms with van der Waals surface area (Å²) in [5.74, 6) is 0.802. The van der Waals surface area contributed by atoms with Crippen LogP contribution in [0, 0.1) is 0 Å². The molecule has 0 atom stereocenters. The first-order chi connectivity index (χ1) is 8.92. The van der Waals surface area contributed by atoms with Crippen LogP contribution in [0.5, 0.6) is 0 Å². The largest absolute Gasteiger partial charge is 0.314 e. The Balaban J connectivity index is 1.67. The number of rotatable bonds is 3. The predicted octanol–water partition coefficient (Wildman–Crippen LogP) is 0.0675. The van der Waals surface area contributed by atoms with E-state index < -0.39 is 0 Å². The van der Waals surface area contributed by atoms with Crippen molar-refractivity contribution in [1.82, 2.24) is 30.0 Å². The standard InChI is InChI=1S/C12H16N6/c1-2-12(18-10-14-9-16-18)15-7-11(1)8-17-5-3-13-4-6-17/h1-2,7,9-10,13H,3-6,8H2. The molecule has 2 aromatic rings. The first-order valence-electron chi connectivity index (χ1n) is 6.15. The molecule has 18 heavy (non-hydrogen) atoms. The van der Waals surface area contributed by atoms with Crippen LogP contribution in [0.4, 0.5) is 0 Å². The third kappa shape index (κ3) is 2.55. The molecule has 1 aliphatic rings. The zero-order valence-corrected chi connectivity index (χ0v) is 10.2. The summed E-state index contributed by atoms with van der Waals surface area (Å²) in [5, 5.41) is 7.41. The van der Waals surface area contributed by atoms with Gasteiger partial charge in [0, 0.05) is 38.9 Å². The van der Waals surface area contributed by atoms with Crippen LogP contribution in [0.15, 0.2) is 31.0 Å². The average molecular weight is 244 g/mol. The number of aromatic nitrogens is 4. The molecular weight excluding hydrogens is 228 g/mol. The van der Waals surface area contributed by atoms with E-state index in [1.165, 1.54) is 11.9 Å². The van der Waals surface area contributed by atoms with Gasteiger partial charge in [0.15, 0.2) is 5.82 Å². The molecule has 0 radical (unpaired) electrons. The van der Waals surface area contributed by atoms with Crippen LogP contribution >= 0.6 is 0 Å². The molecular formula is C12H16N6. The number of piperazine rings is 1. The van der Waals surface area contributed by atoms with Gasteiger partial charge in [0.05, 0.1) is 0 Å². The average Bonchev–Trinajstić information content (AvgIpc) is 2.95. The summed E-state index contributed by atoms with van der Waals surface area (Å²) in [7, 11) is 0.